The van der Waals surface area contributed by atoms with Gasteiger partial charge in [0.25, 0.3) is 0 Å². The lowest BCUT2D eigenvalue weighted by Crippen LogP contribution is -2.35. The Kier molecular flexibility index (Phi) is 3.03. The molecule has 0 radical (unpaired) electrons. The Morgan fingerprint density at radius 2 is 1.93 bits per heavy atom. The van der Waals surface area contributed by atoms with Crippen molar-refractivity contribution in [2.75, 3.05) is 6.61 Å². The van der Waals surface area contributed by atoms with E-state index < -0.39 is 6.09 Å². The lowest BCUT2D eigenvalue weighted by atomic mass is 10.0. The zero-order chi connectivity index (χ0) is 10.8. The van der Waals surface area contributed by atoms with Crippen LogP contribution in [0.4, 0.5) is 4.79 Å². The van der Waals surface area contributed by atoms with Gasteiger partial charge < -0.3 is 10.1 Å². The summed E-state index contributed by atoms with van der Waals surface area (Å²) in [7, 11) is 0. The number of carbonyl (C=O) groups is 1. The highest BCUT2D eigenvalue weighted by molar-refractivity contribution is 6.34. The van der Waals surface area contributed by atoms with Crippen molar-refractivity contribution in [2.45, 2.75) is 12.5 Å². The molecule has 1 amide bonds. The van der Waals surface area contributed by atoms with Crippen LogP contribution in [-0.2, 0) is 4.74 Å². The van der Waals surface area contributed by atoms with Gasteiger partial charge in [-0.3, -0.25) is 0 Å². The van der Waals surface area contributed by atoms with Crippen LogP contribution in [0.1, 0.15) is 18.0 Å². The Bertz CT molecular complexity index is 375. The van der Waals surface area contributed by atoms with Gasteiger partial charge in [0.05, 0.1) is 12.6 Å². The van der Waals surface area contributed by atoms with Gasteiger partial charge in [-0.2, -0.15) is 0 Å². The molecule has 1 aromatic carbocycles. The first-order chi connectivity index (χ1) is 7.15. The predicted molar refractivity (Wildman–Crippen MR) is 58.3 cm³/mol. The van der Waals surface area contributed by atoms with E-state index in [0.29, 0.717) is 16.7 Å². The summed E-state index contributed by atoms with van der Waals surface area (Å²) in [4.78, 5) is 11.0. The molecule has 15 heavy (non-hydrogen) atoms. The number of hydrogen-bond acceptors (Lipinski definition) is 2. The van der Waals surface area contributed by atoms with Crippen molar-refractivity contribution in [2.24, 2.45) is 0 Å². The third-order valence-corrected chi connectivity index (χ3v) is 2.66. The van der Waals surface area contributed by atoms with Gasteiger partial charge in [0.1, 0.15) is 0 Å². The average Bonchev–Trinajstić information content (AvgIpc) is 2.16. The summed E-state index contributed by atoms with van der Waals surface area (Å²) in [6, 6.07) is 5.18. The molecule has 1 aromatic rings. The van der Waals surface area contributed by atoms with Crippen molar-refractivity contribution >= 4 is 29.3 Å². The van der Waals surface area contributed by atoms with Crippen LogP contribution in [0.15, 0.2) is 18.2 Å². The third kappa shape index (κ3) is 2.55. The van der Waals surface area contributed by atoms with Gasteiger partial charge >= 0.3 is 6.09 Å². The van der Waals surface area contributed by atoms with Crippen molar-refractivity contribution in [3.8, 4) is 0 Å². The molecule has 0 spiro atoms. The van der Waals surface area contributed by atoms with Crippen LogP contribution in [0, 0.1) is 0 Å². The van der Waals surface area contributed by atoms with Gasteiger partial charge in [0.2, 0.25) is 0 Å². The summed E-state index contributed by atoms with van der Waals surface area (Å²) in [5.41, 5.74) is 0.907. The maximum atomic E-state index is 11.0. The monoisotopic (exact) mass is 245 g/mol. The van der Waals surface area contributed by atoms with E-state index >= 15 is 0 Å². The van der Waals surface area contributed by atoms with E-state index in [0.717, 1.165) is 12.0 Å². The molecule has 1 atom stereocenters. The van der Waals surface area contributed by atoms with Gasteiger partial charge in [-0.1, -0.05) is 23.2 Å². The van der Waals surface area contributed by atoms with Crippen molar-refractivity contribution < 1.29 is 9.53 Å². The van der Waals surface area contributed by atoms with E-state index in [1.165, 1.54) is 0 Å². The topological polar surface area (TPSA) is 38.3 Å². The number of benzene rings is 1. The predicted octanol–water partition coefficient (Wildman–Crippen LogP) is 3.16. The largest absolute Gasteiger partial charge is 0.449 e. The van der Waals surface area contributed by atoms with Crippen LogP contribution >= 0.6 is 23.2 Å². The first-order valence-electron chi connectivity index (χ1n) is 4.54. The molecule has 1 aliphatic heterocycles. The summed E-state index contributed by atoms with van der Waals surface area (Å²) in [5.74, 6) is 0. The number of nitrogens with one attached hydrogen (secondary N) is 1. The number of alkyl carbamates (subject to hydrolysis) is 1. The molecule has 2 rings (SSSR count). The Morgan fingerprint density at radius 3 is 2.53 bits per heavy atom. The average molecular weight is 246 g/mol. The zero-order valence-electron chi connectivity index (χ0n) is 7.80. The van der Waals surface area contributed by atoms with Crippen LogP contribution in [0.3, 0.4) is 0 Å². The molecule has 0 aliphatic carbocycles. The minimum absolute atomic E-state index is 0.0672. The van der Waals surface area contributed by atoms with Gasteiger partial charge in [0.15, 0.2) is 0 Å². The Hall–Kier alpha value is -0.930. The fourth-order valence-corrected chi connectivity index (χ4v) is 2.09. The number of rotatable bonds is 1. The summed E-state index contributed by atoms with van der Waals surface area (Å²) in [6.45, 7) is 0.417. The highest BCUT2D eigenvalue weighted by atomic mass is 35.5. The number of amides is 1. The number of halogens is 2. The molecule has 0 unspecified atom stereocenters. The molecule has 3 nitrogen and oxygen atoms in total. The van der Waals surface area contributed by atoms with Crippen LogP contribution < -0.4 is 5.32 Å². The number of hydrogen-bond donors (Lipinski definition) is 1. The first kappa shape index (κ1) is 10.6. The summed E-state index contributed by atoms with van der Waals surface area (Å²) >= 11 is 11.8. The minimum atomic E-state index is -0.401. The molecule has 0 saturated carbocycles. The standard InChI is InChI=1S/C10H9Cl2NO2/c11-7-3-6(4-8(12)5-7)9-1-2-15-10(14)13-9/h3-5,9H,1-2H2,(H,13,14)/t9-/m1/s1. The van der Waals surface area contributed by atoms with Crippen LogP contribution in [-0.4, -0.2) is 12.7 Å². The molecule has 1 fully saturated rings. The zero-order valence-corrected chi connectivity index (χ0v) is 9.31. The lowest BCUT2D eigenvalue weighted by molar-refractivity contribution is 0.115. The first-order valence-corrected chi connectivity index (χ1v) is 5.30. The molecule has 5 heteroatoms. The lowest BCUT2D eigenvalue weighted by Gasteiger charge is -2.23. The molecule has 1 saturated heterocycles. The Morgan fingerprint density at radius 1 is 1.27 bits per heavy atom. The molecular formula is C10H9Cl2NO2. The van der Waals surface area contributed by atoms with E-state index in [2.05, 4.69) is 5.32 Å². The Balaban J connectivity index is 2.24. The summed E-state index contributed by atoms with van der Waals surface area (Å²) in [5, 5.41) is 3.84. The van der Waals surface area contributed by atoms with E-state index in [4.69, 9.17) is 27.9 Å². The second-order valence-corrected chi connectivity index (χ2v) is 4.20. The summed E-state index contributed by atoms with van der Waals surface area (Å²) in [6.07, 6.45) is 0.324. The normalized spacial score (nSPS) is 20.7. The molecule has 1 aliphatic rings. The van der Waals surface area contributed by atoms with Gasteiger partial charge in [-0.15, -0.1) is 0 Å². The van der Waals surface area contributed by atoms with Gasteiger partial charge in [-0.05, 0) is 23.8 Å². The number of cyclic esters (lactones) is 1. The smallest absolute Gasteiger partial charge is 0.407 e. The van der Waals surface area contributed by atoms with Crippen molar-refractivity contribution in [1.82, 2.24) is 5.32 Å². The van der Waals surface area contributed by atoms with Crippen molar-refractivity contribution in [3.63, 3.8) is 0 Å². The van der Waals surface area contributed by atoms with Crippen LogP contribution in [0.5, 0.6) is 0 Å². The SMILES string of the molecule is O=C1N[C@@H](c2cc(Cl)cc(Cl)c2)CCO1. The van der Waals surface area contributed by atoms with E-state index in [-0.39, 0.29) is 6.04 Å². The maximum Gasteiger partial charge on any atom is 0.407 e. The van der Waals surface area contributed by atoms with E-state index in [9.17, 15) is 4.79 Å². The highest BCUT2D eigenvalue weighted by Gasteiger charge is 2.21. The van der Waals surface area contributed by atoms with Crippen LogP contribution in [0.25, 0.3) is 0 Å². The highest BCUT2D eigenvalue weighted by Crippen LogP contribution is 2.26. The molecule has 0 bridgehead atoms. The molecule has 0 aromatic heterocycles. The fraction of sp³-hybridized carbons (Fsp3) is 0.300. The maximum absolute atomic E-state index is 11.0. The van der Waals surface area contributed by atoms with E-state index in [1.54, 1.807) is 18.2 Å². The van der Waals surface area contributed by atoms with Gasteiger partial charge in [0, 0.05) is 16.5 Å². The number of ether oxygens (including phenoxy) is 1. The quantitative estimate of drug-likeness (QED) is 0.826. The number of carbonyl (C=O) groups excluding carboxylic acids is 1. The van der Waals surface area contributed by atoms with E-state index in [1.807, 2.05) is 0 Å². The van der Waals surface area contributed by atoms with Crippen LogP contribution in [0.2, 0.25) is 10.0 Å². The second-order valence-electron chi connectivity index (χ2n) is 3.32. The molecule has 80 valence electrons. The summed E-state index contributed by atoms with van der Waals surface area (Å²) < 4.78 is 4.77. The minimum Gasteiger partial charge on any atom is -0.449 e. The third-order valence-electron chi connectivity index (χ3n) is 2.22. The second kappa shape index (κ2) is 4.29. The fourth-order valence-electron chi connectivity index (χ4n) is 1.55. The van der Waals surface area contributed by atoms with Crippen molar-refractivity contribution in [3.05, 3.63) is 33.8 Å². The van der Waals surface area contributed by atoms with Crippen molar-refractivity contribution in [1.29, 1.82) is 0 Å². The molecule has 1 heterocycles. The molecule has 1 N–H and O–H groups in total. The Labute approximate surface area is 97.3 Å². The molecular weight excluding hydrogens is 237 g/mol. The van der Waals surface area contributed by atoms with Gasteiger partial charge in [-0.25, -0.2) is 4.79 Å².